The van der Waals surface area contributed by atoms with Crippen LogP contribution in [0.15, 0.2) is 29.2 Å². The van der Waals surface area contributed by atoms with Crippen LogP contribution in [-0.4, -0.2) is 44.5 Å². The molecule has 0 saturated heterocycles. The van der Waals surface area contributed by atoms with E-state index >= 15 is 0 Å². The minimum Gasteiger partial charge on any atom is -0.508 e. The number of benzene rings is 2. The summed E-state index contributed by atoms with van der Waals surface area (Å²) in [6.45, 7) is -0.265. The highest BCUT2D eigenvalue weighted by atomic mass is 32.2. The van der Waals surface area contributed by atoms with Gasteiger partial charge in [0, 0.05) is 30.3 Å². The molecule has 0 fully saturated rings. The maximum absolute atomic E-state index is 11.2. The summed E-state index contributed by atoms with van der Waals surface area (Å²) in [5.41, 5.74) is -0.389. The van der Waals surface area contributed by atoms with E-state index in [0.717, 1.165) is 18.2 Å². The van der Waals surface area contributed by atoms with Crippen LogP contribution in [-0.2, 0) is 23.2 Å². The van der Waals surface area contributed by atoms with E-state index in [1.807, 2.05) is 0 Å². The molecule has 0 saturated carbocycles. The van der Waals surface area contributed by atoms with Gasteiger partial charge in [0.15, 0.2) is 0 Å². The Hall–Kier alpha value is -3.02. The van der Waals surface area contributed by atoms with E-state index in [1.54, 1.807) is 0 Å². The Morgan fingerprint density at radius 3 is 2.12 bits per heavy atom. The van der Waals surface area contributed by atoms with Gasteiger partial charge in [-0.2, -0.15) is 8.42 Å². The number of carboxylic acid groups (broad SMARTS) is 1. The van der Waals surface area contributed by atoms with Crippen molar-refractivity contribution < 1.29 is 43.3 Å². The summed E-state index contributed by atoms with van der Waals surface area (Å²) in [7, 11) is -4.75. The molecule has 0 bridgehead atoms. The lowest BCUT2D eigenvalue weighted by Gasteiger charge is -2.12. The summed E-state index contributed by atoms with van der Waals surface area (Å²) in [6, 6.07) is 3.67. The fourth-order valence-corrected chi connectivity index (χ4v) is 2.89. The molecule has 0 atom stereocenters. The first-order valence-corrected chi connectivity index (χ1v) is 8.46. The SMILES string of the molecule is O=C(O)c1cc(O)c(CNCc2cc(O)cc(S(=O)(=O)O)c2O)cc1O. The fourth-order valence-electron chi connectivity index (χ4n) is 2.25. The molecule has 0 aliphatic rings. The number of hydrogen-bond donors (Lipinski definition) is 7. The topological polar surface area (TPSA) is 185 Å². The minimum atomic E-state index is -4.75. The standard InChI is InChI=1S/C15H15NO9S/c17-9-1-8(14(20)13(3-9)26(23,24)25)6-16-5-7-2-12(19)10(15(21)22)4-11(7)18/h1-4,16-20H,5-6H2,(H,21,22)(H,23,24,25). The normalized spacial score (nSPS) is 11.4. The Balaban J connectivity index is 2.20. The van der Waals surface area contributed by atoms with Gasteiger partial charge in [0.25, 0.3) is 10.1 Å². The van der Waals surface area contributed by atoms with Crippen molar-refractivity contribution in [3.05, 3.63) is 41.0 Å². The summed E-state index contributed by atoms with van der Waals surface area (Å²) in [6.07, 6.45) is 0. The summed E-state index contributed by atoms with van der Waals surface area (Å²) < 4.78 is 31.4. The Kier molecular flexibility index (Phi) is 5.25. The quantitative estimate of drug-likeness (QED) is 0.276. The summed E-state index contributed by atoms with van der Waals surface area (Å²) >= 11 is 0. The second-order valence-electron chi connectivity index (χ2n) is 5.33. The summed E-state index contributed by atoms with van der Waals surface area (Å²) in [4.78, 5) is 10.00. The van der Waals surface area contributed by atoms with Gasteiger partial charge in [-0.3, -0.25) is 4.55 Å². The van der Waals surface area contributed by atoms with Gasteiger partial charge in [-0.15, -0.1) is 0 Å². The minimum absolute atomic E-state index is 0.0523. The van der Waals surface area contributed by atoms with Gasteiger partial charge in [-0.25, -0.2) is 4.79 Å². The first kappa shape index (κ1) is 19.3. The third kappa shape index (κ3) is 4.14. The number of phenols is 4. The van der Waals surface area contributed by atoms with Gasteiger partial charge in [-0.1, -0.05) is 0 Å². The van der Waals surface area contributed by atoms with Crippen LogP contribution >= 0.6 is 0 Å². The van der Waals surface area contributed by atoms with E-state index < -0.39 is 49.5 Å². The lowest BCUT2D eigenvalue weighted by Crippen LogP contribution is -2.14. The lowest BCUT2D eigenvalue weighted by molar-refractivity contribution is 0.0693. The van der Waals surface area contributed by atoms with Gasteiger partial charge >= 0.3 is 5.97 Å². The van der Waals surface area contributed by atoms with E-state index in [-0.39, 0.29) is 24.2 Å². The number of carbonyl (C=O) groups is 1. The van der Waals surface area contributed by atoms with Gasteiger partial charge in [-0.05, 0) is 18.2 Å². The van der Waals surface area contributed by atoms with Crippen molar-refractivity contribution in [2.24, 2.45) is 0 Å². The van der Waals surface area contributed by atoms with Crippen molar-refractivity contribution in [3.8, 4) is 23.0 Å². The van der Waals surface area contributed by atoms with Gasteiger partial charge in [0.2, 0.25) is 0 Å². The second-order valence-corrected chi connectivity index (χ2v) is 6.72. The van der Waals surface area contributed by atoms with Crippen molar-refractivity contribution in [3.63, 3.8) is 0 Å². The Bertz CT molecular complexity index is 970. The van der Waals surface area contributed by atoms with E-state index in [0.29, 0.717) is 6.07 Å². The molecule has 0 heterocycles. The smallest absolute Gasteiger partial charge is 0.339 e. The number of aromatic carboxylic acids is 1. The predicted octanol–water partition coefficient (Wildman–Crippen LogP) is 0.744. The molecule has 2 aromatic rings. The third-order valence-corrected chi connectivity index (χ3v) is 4.34. The molecule has 2 rings (SSSR count). The van der Waals surface area contributed by atoms with E-state index in [4.69, 9.17) is 9.66 Å². The average molecular weight is 385 g/mol. The van der Waals surface area contributed by atoms with Crippen LogP contribution in [0.1, 0.15) is 21.5 Å². The highest BCUT2D eigenvalue weighted by Gasteiger charge is 2.20. The number of rotatable bonds is 6. The van der Waals surface area contributed by atoms with Crippen LogP contribution in [0.3, 0.4) is 0 Å². The highest BCUT2D eigenvalue weighted by Crippen LogP contribution is 2.32. The molecule has 0 unspecified atom stereocenters. The van der Waals surface area contributed by atoms with E-state index in [9.17, 15) is 33.6 Å². The van der Waals surface area contributed by atoms with Crippen LogP contribution < -0.4 is 5.32 Å². The molecule has 0 aromatic heterocycles. The fraction of sp³-hybridized carbons (Fsp3) is 0.133. The number of carboxylic acids is 1. The van der Waals surface area contributed by atoms with Gasteiger partial charge in [0.1, 0.15) is 33.5 Å². The van der Waals surface area contributed by atoms with Crippen molar-refractivity contribution in [1.82, 2.24) is 5.32 Å². The molecule has 0 amide bonds. The maximum atomic E-state index is 11.2. The molecule has 140 valence electrons. The van der Waals surface area contributed by atoms with Crippen molar-refractivity contribution in [2.75, 3.05) is 0 Å². The molecule has 0 radical (unpaired) electrons. The average Bonchev–Trinajstić information content (AvgIpc) is 2.51. The number of phenolic OH excluding ortho intramolecular Hbond substituents is 3. The predicted molar refractivity (Wildman–Crippen MR) is 86.9 cm³/mol. The Morgan fingerprint density at radius 2 is 1.54 bits per heavy atom. The first-order chi connectivity index (χ1) is 12.0. The molecule has 11 heteroatoms. The zero-order valence-electron chi connectivity index (χ0n) is 13.0. The Morgan fingerprint density at radius 1 is 0.923 bits per heavy atom. The zero-order valence-corrected chi connectivity index (χ0v) is 13.9. The van der Waals surface area contributed by atoms with Crippen LogP contribution in [0.5, 0.6) is 23.0 Å². The van der Waals surface area contributed by atoms with Crippen LogP contribution in [0.4, 0.5) is 0 Å². The van der Waals surface area contributed by atoms with Crippen molar-refractivity contribution >= 4 is 16.1 Å². The molecule has 0 spiro atoms. The monoisotopic (exact) mass is 385 g/mol. The number of aromatic hydroxyl groups is 4. The lowest BCUT2D eigenvalue weighted by atomic mass is 10.1. The molecule has 0 aliphatic heterocycles. The van der Waals surface area contributed by atoms with Crippen LogP contribution in [0.25, 0.3) is 0 Å². The molecule has 26 heavy (non-hydrogen) atoms. The highest BCUT2D eigenvalue weighted by molar-refractivity contribution is 7.86. The first-order valence-electron chi connectivity index (χ1n) is 7.02. The van der Waals surface area contributed by atoms with Crippen molar-refractivity contribution in [1.29, 1.82) is 0 Å². The van der Waals surface area contributed by atoms with Crippen LogP contribution in [0, 0.1) is 0 Å². The second kappa shape index (κ2) is 7.07. The van der Waals surface area contributed by atoms with Crippen LogP contribution in [0.2, 0.25) is 0 Å². The summed E-state index contributed by atoms with van der Waals surface area (Å²) in [5.74, 6) is -3.63. The van der Waals surface area contributed by atoms with E-state index in [2.05, 4.69) is 5.32 Å². The van der Waals surface area contributed by atoms with E-state index in [1.165, 1.54) is 0 Å². The van der Waals surface area contributed by atoms with Crippen molar-refractivity contribution in [2.45, 2.75) is 18.0 Å². The van der Waals surface area contributed by atoms with Gasteiger partial charge in [0.05, 0.1) is 0 Å². The zero-order chi connectivity index (χ0) is 19.6. The van der Waals surface area contributed by atoms with Gasteiger partial charge < -0.3 is 30.8 Å². The Labute approximate surface area is 147 Å². The molecular weight excluding hydrogens is 370 g/mol. The molecule has 10 nitrogen and oxygen atoms in total. The number of hydrogen-bond acceptors (Lipinski definition) is 8. The molecular formula is C15H15NO9S. The molecule has 0 aliphatic carbocycles. The molecule has 2 aromatic carbocycles. The molecule has 7 N–H and O–H groups in total. The summed E-state index contributed by atoms with van der Waals surface area (Å²) in [5, 5.41) is 50.4. The number of nitrogens with one attached hydrogen (secondary N) is 1. The maximum Gasteiger partial charge on any atom is 0.339 e. The third-order valence-electron chi connectivity index (χ3n) is 3.47. The largest absolute Gasteiger partial charge is 0.508 e.